The third-order valence-electron chi connectivity index (χ3n) is 4.66. The van der Waals surface area contributed by atoms with Crippen LogP contribution in [0.2, 0.25) is 5.02 Å². The molecule has 8 heteroatoms. The highest BCUT2D eigenvalue weighted by Crippen LogP contribution is 2.20. The van der Waals surface area contributed by atoms with Gasteiger partial charge in [-0.05, 0) is 36.2 Å². The van der Waals surface area contributed by atoms with Crippen LogP contribution in [-0.4, -0.2) is 53.3 Å². The van der Waals surface area contributed by atoms with Gasteiger partial charge in [-0.2, -0.15) is 0 Å². The zero-order valence-corrected chi connectivity index (χ0v) is 16.8. The summed E-state index contributed by atoms with van der Waals surface area (Å²) in [6.45, 7) is 0. The molecule has 0 fully saturated rings. The van der Waals surface area contributed by atoms with Crippen LogP contribution < -0.4 is 5.32 Å². The van der Waals surface area contributed by atoms with Crippen LogP contribution in [0.1, 0.15) is 16.1 Å². The number of carbonyl (C=O) groups is 2. The number of amides is 2. The third kappa shape index (κ3) is 4.95. The quantitative estimate of drug-likeness (QED) is 0.517. The van der Waals surface area contributed by atoms with Gasteiger partial charge in [0.25, 0.3) is 11.8 Å². The van der Waals surface area contributed by atoms with Gasteiger partial charge in [-0.3, -0.25) is 14.4 Å². The molecule has 152 valence electrons. The molecule has 0 saturated carbocycles. The Balaban J connectivity index is 1.84. The minimum Gasteiger partial charge on any atom is -0.381 e. The Morgan fingerprint density at radius 2 is 1.93 bits per heavy atom. The molecule has 3 rings (SSSR count). The smallest absolute Gasteiger partial charge is 0.276 e. The maximum Gasteiger partial charge on any atom is 0.276 e. The van der Waals surface area contributed by atoms with E-state index in [2.05, 4.69) is 10.3 Å². The largest absolute Gasteiger partial charge is 0.381 e. The molecule has 2 amide bonds. The standard InChI is InChI=1S/C21H22ClN3O4/c1-25(29-2)21(28)19(26)17(10-13-6-4-3-5-7-13)24-20(27)18-12-14-11-15(22)8-9-16(14)23-18/h3-9,11-12,17,19,23,26H,10H2,1-2H3,(H,24,27)/t17-,19?/m0/s1. The lowest BCUT2D eigenvalue weighted by molar-refractivity contribution is -0.179. The molecule has 2 aromatic carbocycles. The number of fused-ring (bicyclic) bond motifs is 1. The first-order valence-corrected chi connectivity index (χ1v) is 9.39. The van der Waals surface area contributed by atoms with Gasteiger partial charge in [-0.15, -0.1) is 0 Å². The molecular weight excluding hydrogens is 394 g/mol. The summed E-state index contributed by atoms with van der Waals surface area (Å²) in [7, 11) is 2.72. The molecule has 3 aromatic rings. The molecule has 0 aliphatic carbocycles. The van der Waals surface area contributed by atoms with E-state index < -0.39 is 24.0 Å². The molecule has 0 bridgehead atoms. The Hall–Kier alpha value is -2.87. The molecule has 3 N–H and O–H groups in total. The van der Waals surface area contributed by atoms with Gasteiger partial charge in [0.1, 0.15) is 5.69 Å². The number of likely N-dealkylation sites (N-methyl/N-ethyl adjacent to an activating group) is 1. The van der Waals surface area contributed by atoms with Crippen LogP contribution in [0.3, 0.4) is 0 Å². The summed E-state index contributed by atoms with van der Waals surface area (Å²) in [5.41, 5.74) is 1.93. The van der Waals surface area contributed by atoms with Gasteiger partial charge in [0, 0.05) is 23.0 Å². The van der Waals surface area contributed by atoms with E-state index in [9.17, 15) is 14.7 Å². The highest BCUT2D eigenvalue weighted by atomic mass is 35.5. The monoisotopic (exact) mass is 415 g/mol. The Labute approximate surface area is 173 Å². The molecule has 1 heterocycles. The van der Waals surface area contributed by atoms with Gasteiger partial charge in [0.15, 0.2) is 6.10 Å². The van der Waals surface area contributed by atoms with Crippen molar-refractivity contribution in [1.82, 2.24) is 15.4 Å². The first kappa shape index (κ1) is 20.9. The highest BCUT2D eigenvalue weighted by Gasteiger charge is 2.31. The van der Waals surface area contributed by atoms with Crippen molar-refractivity contribution in [3.8, 4) is 0 Å². The number of aromatic nitrogens is 1. The van der Waals surface area contributed by atoms with Crippen LogP contribution in [0, 0.1) is 0 Å². The fraction of sp³-hybridized carbons (Fsp3) is 0.238. The van der Waals surface area contributed by atoms with Crippen molar-refractivity contribution in [1.29, 1.82) is 0 Å². The van der Waals surface area contributed by atoms with Crippen molar-refractivity contribution in [2.45, 2.75) is 18.6 Å². The molecule has 0 aliphatic heterocycles. The fourth-order valence-electron chi connectivity index (χ4n) is 3.03. The zero-order chi connectivity index (χ0) is 21.0. The molecule has 0 saturated heterocycles. The van der Waals surface area contributed by atoms with Crippen LogP contribution in [0.25, 0.3) is 10.9 Å². The third-order valence-corrected chi connectivity index (χ3v) is 4.90. The number of rotatable bonds is 7. The Morgan fingerprint density at radius 1 is 1.21 bits per heavy atom. The summed E-state index contributed by atoms with van der Waals surface area (Å²) in [6, 6.07) is 15.4. The van der Waals surface area contributed by atoms with Crippen molar-refractivity contribution in [3.05, 3.63) is 70.9 Å². The lowest BCUT2D eigenvalue weighted by Crippen LogP contribution is -2.51. The molecule has 2 atom stereocenters. The minimum atomic E-state index is -1.48. The Kier molecular flexibility index (Phi) is 6.53. The number of hydroxylamine groups is 2. The van der Waals surface area contributed by atoms with Crippen molar-refractivity contribution in [2.24, 2.45) is 0 Å². The number of aliphatic hydroxyl groups excluding tert-OH is 1. The number of hydrogen-bond acceptors (Lipinski definition) is 4. The summed E-state index contributed by atoms with van der Waals surface area (Å²) >= 11 is 6.00. The second-order valence-corrected chi connectivity index (χ2v) is 7.08. The van der Waals surface area contributed by atoms with E-state index >= 15 is 0 Å². The predicted octanol–water partition coefficient (Wildman–Crippen LogP) is 2.54. The molecule has 0 spiro atoms. The number of aromatic amines is 1. The molecule has 29 heavy (non-hydrogen) atoms. The van der Waals surface area contributed by atoms with E-state index in [4.69, 9.17) is 16.4 Å². The summed E-state index contributed by atoms with van der Waals surface area (Å²) < 4.78 is 0. The van der Waals surface area contributed by atoms with Crippen LogP contribution in [0.5, 0.6) is 0 Å². The van der Waals surface area contributed by atoms with E-state index in [0.717, 1.165) is 21.5 Å². The average Bonchev–Trinajstić information content (AvgIpc) is 3.15. The van der Waals surface area contributed by atoms with Gasteiger partial charge in [0.2, 0.25) is 0 Å². The van der Waals surface area contributed by atoms with Crippen molar-refractivity contribution in [3.63, 3.8) is 0 Å². The molecule has 0 radical (unpaired) electrons. The Bertz CT molecular complexity index is 1010. The SMILES string of the molecule is CON(C)C(=O)C(O)[C@H](Cc1ccccc1)NC(=O)c1cc2cc(Cl)ccc2[nH]1. The number of nitrogens with one attached hydrogen (secondary N) is 2. The van der Waals surface area contributed by atoms with Crippen molar-refractivity contribution < 1.29 is 19.5 Å². The predicted molar refractivity (Wildman–Crippen MR) is 110 cm³/mol. The fourth-order valence-corrected chi connectivity index (χ4v) is 3.21. The number of aliphatic hydroxyl groups is 1. The summed E-state index contributed by atoms with van der Waals surface area (Å²) in [5.74, 6) is -1.10. The second kappa shape index (κ2) is 9.09. The van der Waals surface area contributed by atoms with E-state index in [1.165, 1.54) is 14.2 Å². The summed E-state index contributed by atoms with van der Waals surface area (Å²) in [4.78, 5) is 33.1. The highest BCUT2D eigenvalue weighted by molar-refractivity contribution is 6.31. The molecule has 1 unspecified atom stereocenters. The number of halogens is 1. The number of carbonyl (C=O) groups excluding carboxylic acids is 2. The van der Waals surface area contributed by atoms with Crippen LogP contribution in [0.15, 0.2) is 54.6 Å². The first-order chi connectivity index (χ1) is 13.9. The topological polar surface area (TPSA) is 94.7 Å². The molecule has 0 aliphatic rings. The first-order valence-electron chi connectivity index (χ1n) is 9.02. The average molecular weight is 416 g/mol. The number of nitrogens with zero attached hydrogens (tertiary/aromatic N) is 1. The Morgan fingerprint density at radius 3 is 2.62 bits per heavy atom. The van der Waals surface area contributed by atoms with Gasteiger partial charge < -0.3 is 15.4 Å². The molecule has 1 aromatic heterocycles. The van der Waals surface area contributed by atoms with E-state index in [1.807, 2.05) is 30.3 Å². The summed E-state index contributed by atoms with van der Waals surface area (Å²) in [5, 5.41) is 15.6. The van der Waals surface area contributed by atoms with Crippen molar-refractivity contribution >= 4 is 34.3 Å². The number of H-pyrrole nitrogens is 1. The molecular formula is C21H22ClN3O4. The van der Waals surface area contributed by atoms with E-state index in [-0.39, 0.29) is 6.42 Å². The normalized spacial score (nSPS) is 13.1. The van der Waals surface area contributed by atoms with E-state index in [1.54, 1.807) is 24.3 Å². The lowest BCUT2D eigenvalue weighted by atomic mass is 10.0. The van der Waals surface area contributed by atoms with Gasteiger partial charge in [-0.1, -0.05) is 41.9 Å². The lowest BCUT2D eigenvalue weighted by Gasteiger charge is -2.26. The van der Waals surface area contributed by atoms with Gasteiger partial charge in [-0.25, -0.2) is 5.06 Å². The maximum absolute atomic E-state index is 12.8. The number of benzene rings is 2. The van der Waals surface area contributed by atoms with Gasteiger partial charge in [0.05, 0.1) is 13.2 Å². The van der Waals surface area contributed by atoms with Crippen molar-refractivity contribution in [2.75, 3.05) is 14.2 Å². The van der Waals surface area contributed by atoms with Crippen LogP contribution in [-0.2, 0) is 16.1 Å². The maximum atomic E-state index is 12.8. The minimum absolute atomic E-state index is 0.267. The second-order valence-electron chi connectivity index (χ2n) is 6.65. The zero-order valence-electron chi connectivity index (χ0n) is 16.1. The van der Waals surface area contributed by atoms with Crippen LogP contribution >= 0.6 is 11.6 Å². The summed E-state index contributed by atoms with van der Waals surface area (Å²) in [6.07, 6.45) is -1.22. The van der Waals surface area contributed by atoms with Crippen LogP contribution in [0.4, 0.5) is 0 Å². The van der Waals surface area contributed by atoms with E-state index in [0.29, 0.717) is 10.7 Å². The van der Waals surface area contributed by atoms with Gasteiger partial charge >= 0.3 is 0 Å². The number of hydrogen-bond donors (Lipinski definition) is 3. The molecule has 7 nitrogen and oxygen atoms in total.